The lowest BCUT2D eigenvalue weighted by atomic mass is 10.0. The number of anilines is 1. The van der Waals surface area contributed by atoms with Gasteiger partial charge in [0.15, 0.2) is 0 Å². The van der Waals surface area contributed by atoms with Crippen LogP contribution in [-0.4, -0.2) is 17.8 Å². The van der Waals surface area contributed by atoms with E-state index in [1.165, 1.54) is 11.3 Å². The third-order valence-corrected chi connectivity index (χ3v) is 2.76. The van der Waals surface area contributed by atoms with E-state index in [0.717, 1.165) is 12.8 Å². The molecule has 0 aliphatic carbocycles. The highest BCUT2D eigenvalue weighted by atomic mass is 16.2. The molecular weight excluding hydrogens is 198 g/mol. The molecule has 1 unspecified atom stereocenters. The number of aliphatic hydroxyl groups is 1. The molecule has 0 bridgehead atoms. The highest BCUT2D eigenvalue weighted by molar-refractivity contribution is 5.47. The Morgan fingerprint density at radius 2 is 2.00 bits per heavy atom. The van der Waals surface area contributed by atoms with Crippen LogP contribution in [0.15, 0.2) is 24.3 Å². The Morgan fingerprint density at radius 3 is 2.62 bits per heavy atom. The highest BCUT2D eigenvalue weighted by Crippen LogP contribution is 2.19. The molecule has 2 N–H and O–H groups in total. The summed E-state index contributed by atoms with van der Waals surface area (Å²) < 4.78 is 0. The molecule has 16 heavy (non-hydrogen) atoms. The Kier molecular flexibility index (Phi) is 5.33. The fraction of sp³-hybridized carbons (Fsp3) is 0.571. The second kappa shape index (κ2) is 6.54. The predicted octanol–water partition coefficient (Wildman–Crippen LogP) is 3.38. The van der Waals surface area contributed by atoms with Crippen molar-refractivity contribution in [1.82, 2.24) is 0 Å². The maximum Gasteiger partial charge on any atom is 0.0431 e. The van der Waals surface area contributed by atoms with Gasteiger partial charge in [-0.15, -0.1) is 0 Å². The number of aliphatic hydroxyl groups excluding tert-OH is 1. The minimum absolute atomic E-state index is 0.276. The molecule has 0 aliphatic rings. The standard InChI is InChI=1S/C14H23NO/c1-11(2)13-7-4-8-14(10-13)15-12(3)6-5-9-16/h4,7-8,10-12,15-16H,5-6,9H2,1-3H3. The largest absolute Gasteiger partial charge is 0.396 e. The van der Waals surface area contributed by atoms with E-state index in [0.29, 0.717) is 12.0 Å². The van der Waals surface area contributed by atoms with Gasteiger partial charge in [0.1, 0.15) is 0 Å². The fourth-order valence-electron chi connectivity index (χ4n) is 1.74. The van der Waals surface area contributed by atoms with Crippen LogP contribution >= 0.6 is 0 Å². The predicted molar refractivity (Wildman–Crippen MR) is 69.9 cm³/mol. The van der Waals surface area contributed by atoms with E-state index in [1.54, 1.807) is 0 Å². The molecule has 0 heterocycles. The van der Waals surface area contributed by atoms with Crippen LogP contribution in [0.2, 0.25) is 0 Å². The molecule has 1 aromatic carbocycles. The van der Waals surface area contributed by atoms with E-state index < -0.39 is 0 Å². The average Bonchev–Trinajstić information content (AvgIpc) is 2.26. The van der Waals surface area contributed by atoms with Gasteiger partial charge in [-0.25, -0.2) is 0 Å². The highest BCUT2D eigenvalue weighted by Gasteiger charge is 2.03. The Morgan fingerprint density at radius 1 is 1.25 bits per heavy atom. The maximum atomic E-state index is 8.77. The molecule has 0 saturated heterocycles. The molecule has 0 aliphatic heterocycles. The Hall–Kier alpha value is -1.02. The summed E-state index contributed by atoms with van der Waals surface area (Å²) in [5.74, 6) is 0.564. The first-order valence-electron chi connectivity index (χ1n) is 6.11. The first-order valence-corrected chi connectivity index (χ1v) is 6.11. The van der Waals surface area contributed by atoms with Crippen molar-refractivity contribution in [2.45, 2.75) is 45.6 Å². The zero-order valence-electron chi connectivity index (χ0n) is 10.5. The SMILES string of the molecule is CC(CCCO)Nc1cccc(C(C)C)c1. The van der Waals surface area contributed by atoms with E-state index >= 15 is 0 Å². The molecule has 0 amide bonds. The quantitative estimate of drug-likeness (QED) is 0.771. The molecular formula is C14H23NO. The lowest BCUT2D eigenvalue weighted by molar-refractivity contribution is 0.282. The van der Waals surface area contributed by atoms with Gasteiger partial charge in [-0.1, -0.05) is 26.0 Å². The third-order valence-electron chi connectivity index (χ3n) is 2.76. The van der Waals surface area contributed by atoms with Gasteiger partial charge in [-0.2, -0.15) is 0 Å². The van der Waals surface area contributed by atoms with Gasteiger partial charge in [0, 0.05) is 18.3 Å². The monoisotopic (exact) mass is 221 g/mol. The Balaban J connectivity index is 2.56. The normalized spacial score (nSPS) is 12.8. The Bertz CT molecular complexity index is 309. The molecule has 0 spiro atoms. The summed E-state index contributed by atoms with van der Waals surface area (Å²) in [6.07, 6.45) is 1.86. The molecule has 0 saturated carbocycles. The zero-order chi connectivity index (χ0) is 12.0. The van der Waals surface area contributed by atoms with Crippen molar-refractivity contribution in [1.29, 1.82) is 0 Å². The van der Waals surface area contributed by atoms with Gasteiger partial charge in [0.25, 0.3) is 0 Å². The molecule has 2 heteroatoms. The van der Waals surface area contributed by atoms with Crippen LogP contribution < -0.4 is 5.32 Å². The van der Waals surface area contributed by atoms with Crippen molar-refractivity contribution in [3.8, 4) is 0 Å². The maximum absolute atomic E-state index is 8.77. The van der Waals surface area contributed by atoms with Crippen molar-refractivity contribution in [2.75, 3.05) is 11.9 Å². The van der Waals surface area contributed by atoms with Gasteiger partial charge in [0.2, 0.25) is 0 Å². The lowest BCUT2D eigenvalue weighted by Crippen LogP contribution is -2.15. The van der Waals surface area contributed by atoms with Crippen LogP contribution in [0.5, 0.6) is 0 Å². The van der Waals surface area contributed by atoms with Crippen molar-refractivity contribution >= 4 is 5.69 Å². The summed E-state index contributed by atoms with van der Waals surface area (Å²) in [4.78, 5) is 0. The van der Waals surface area contributed by atoms with Gasteiger partial charge in [-0.3, -0.25) is 0 Å². The molecule has 1 aromatic rings. The molecule has 2 nitrogen and oxygen atoms in total. The molecule has 1 atom stereocenters. The van der Waals surface area contributed by atoms with Crippen LogP contribution in [-0.2, 0) is 0 Å². The van der Waals surface area contributed by atoms with Crippen LogP contribution in [0.3, 0.4) is 0 Å². The Labute approximate surface area is 98.7 Å². The van der Waals surface area contributed by atoms with E-state index in [9.17, 15) is 0 Å². The van der Waals surface area contributed by atoms with Crippen LogP contribution in [0, 0.1) is 0 Å². The third kappa shape index (κ3) is 4.23. The number of hydrogen-bond acceptors (Lipinski definition) is 2. The minimum atomic E-state index is 0.276. The van der Waals surface area contributed by atoms with Gasteiger partial charge in [0.05, 0.1) is 0 Å². The summed E-state index contributed by atoms with van der Waals surface area (Å²) in [6.45, 7) is 6.83. The zero-order valence-corrected chi connectivity index (χ0v) is 10.5. The number of rotatable bonds is 6. The smallest absolute Gasteiger partial charge is 0.0431 e. The molecule has 90 valence electrons. The van der Waals surface area contributed by atoms with E-state index in [2.05, 4.69) is 50.4 Å². The van der Waals surface area contributed by atoms with E-state index in [-0.39, 0.29) is 6.61 Å². The van der Waals surface area contributed by atoms with E-state index in [4.69, 9.17) is 5.11 Å². The second-order valence-electron chi connectivity index (χ2n) is 4.69. The molecule has 0 aromatic heterocycles. The number of benzene rings is 1. The topological polar surface area (TPSA) is 32.3 Å². The minimum Gasteiger partial charge on any atom is -0.396 e. The molecule has 0 radical (unpaired) electrons. The first-order chi connectivity index (χ1) is 7.63. The van der Waals surface area contributed by atoms with E-state index in [1.807, 2.05) is 0 Å². The van der Waals surface area contributed by atoms with Gasteiger partial charge >= 0.3 is 0 Å². The number of nitrogens with one attached hydrogen (secondary N) is 1. The summed E-state index contributed by atoms with van der Waals surface area (Å²) in [6, 6.07) is 8.97. The summed E-state index contributed by atoms with van der Waals surface area (Å²) >= 11 is 0. The molecule has 1 rings (SSSR count). The summed E-state index contributed by atoms with van der Waals surface area (Å²) in [7, 11) is 0. The fourth-order valence-corrected chi connectivity index (χ4v) is 1.74. The van der Waals surface area contributed by atoms with Crippen molar-refractivity contribution in [3.63, 3.8) is 0 Å². The number of hydrogen-bond donors (Lipinski definition) is 2. The van der Waals surface area contributed by atoms with Crippen LogP contribution in [0.1, 0.15) is 45.1 Å². The molecule has 0 fully saturated rings. The summed E-state index contributed by atoms with van der Waals surface area (Å²) in [5.41, 5.74) is 2.54. The summed E-state index contributed by atoms with van der Waals surface area (Å²) in [5, 5.41) is 12.2. The lowest BCUT2D eigenvalue weighted by Gasteiger charge is -2.16. The van der Waals surface area contributed by atoms with Crippen molar-refractivity contribution in [2.24, 2.45) is 0 Å². The van der Waals surface area contributed by atoms with Crippen LogP contribution in [0.25, 0.3) is 0 Å². The average molecular weight is 221 g/mol. The second-order valence-corrected chi connectivity index (χ2v) is 4.69. The van der Waals surface area contributed by atoms with Gasteiger partial charge in [-0.05, 0) is 43.4 Å². The van der Waals surface area contributed by atoms with Crippen molar-refractivity contribution in [3.05, 3.63) is 29.8 Å². The first kappa shape index (κ1) is 13.0. The van der Waals surface area contributed by atoms with Crippen molar-refractivity contribution < 1.29 is 5.11 Å². The van der Waals surface area contributed by atoms with Gasteiger partial charge < -0.3 is 10.4 Å². The van der Waals surface area contributed by atoms with Crippen LogP contribution in [0.4, 0.5) is 5.69 Å².